The Kier molecular flexibility index (Phi) is 6.23. The van der Waals surface area contributed by atoms with Crippen LogP contribution in [0.2, 0.25) is 0 Å². The van der Waals surface area contributed by atoms with Gasteiger partial charge in [-0.05, 0) is 69.4 Å². The highest BCUT2D eigenvalue weighted by Crippen LogP contribution is 2.35. The summed E-state index contributed by atoms with van der Waals surface area (Å²) in [6, 6.07) is 4.10. The number of halogens is 2. The van der Waals surface area contributed by atoms with Crippen molar-refractivity contribution in [3.63, 3.8) is 0 Å². The minimum Gasteiger partial charge on any atom is -0.491 e. The van der Waals surface area contributed by atoms with E-state index in [2.05, 4.69) is 38.4 Å². The normalized spacial score (nSPS) is 10.4. The van der Waals surface area contributed by atoms with E-state index < -0.39 is 0 Å². The fraction of sp³-hybridized carbons (Fsp3) is 0.385. The molecule has 1 rings (SSSR count). The molecule has 0 spiro atoms. The lowest BCUT2D eigenvalue weighted by molar-refractivity contribution is 0.317. The summed E-state index contributed by atoms with van der Waals surface area (Å²) in [5.41, 5.74) is 7.86. The van der Waals surface area contributed by atoms with Gasteiger partial charge in [0.1, 0.15) is 5.75 Å². The molecule has 1 aromatic rings. The zero-order chi connectivity index (χ0) is 12.8. The van der Waals surface area contributed by atoms with Gasteiger partial charge in [-0.15, -0.1) is 6.58 Å². The van der Waals surface area contributed by atoms with Crippen LogP contribution in [0.4, 0.5) is 0 Å². The van der Waals surface area contributed by atoms with Crippen LogP contribution in [0.15, 0.2) is 33.2 Å². The predicted octanol–water partition coefficient (Wildman–Crippen LogP) is 4.06. The van der Waals surface area contributed by atoms with Crippen molar-refractivity contribution >= 4 is 31.9 Å². The molecule has 0 aliphatic carbocycles. The number of ether oxygens (including phenoxy) is 1. The summed E-state index contributed by atoms with van der Waals surface area (Å²) in [4.78, 5) is 0. The average molecular weight is 363 g/mol. The quantitative estimate of drug-likeness (QED) is 0.774. The van der Waals surface area contributed by atoms with Crippen molar-refractivity contribution in [2.75, 3.05) is 13.2 Å². The Balaban J connectivity index is 2.75. The van der Waals surface area contributed by atoms with Crippen molar-refractivity contribution in [1.29, 1.82) is 0 Å². The Morgan fingerprint density at radius 1 is 1.35 bits per heavy atom. The van der Waals surface area contributed by atoms with Crippen LogP contribution in [0.3, 0.4) is 0 Å². The number of rotatable bonds is 6. The average Bonchev–Trinajstić information content (AvgIpc) is 2.22. The first kappa shape index (κ1) is 14.7. The first-order chi connectivity index (χ1) is 8.04. The van der Waals surface area contributed by atoms with Crippen LogP contribution in [0, 0.1) is 0 Å². The van der Waals surface area contributed by atoms with E-state index in [4.69, 9.17) is 10.5 Å². The predicted molar refractivity (Wildman–Crippen MR) is 79.5 cm³/mol. The number of nitrogens with two attached hydrogens (primary N) is 1. The largest absolute Gasteiger partial charge is 0.491 e. The van der Waals surface area contributed by atoms with Crippen LogP contribution in [0.25, 0.3) is 0 Å². The summed E-state index contributed by atoms with van der Waals surface area (Å²) in [6.07, 6.45) is 1.73. The van der Waals surface area contributed by atoms with Crippen LogP contribution >= 0.6 is 31.9 Å². The first-order valence-electron chi connectivity index (χ1n) is 5.49. The maximum atomic E-state index is 5.73. The van der Waals surface area contributed by atoms with Gasteiger partial charge < -0.3 is 10.5 Å². The lowest BCUT2D eigenvalue weighted by atomic mass is 10.1. The molecule has 0 amide bonds. The molecule has 0 fully saturated rings. The number of hydrogen-bond donors (Lipinski definition) is 1. The first-order valence-corrected chi connectivity index (χ1v) is 7.08. The van der Waals surface area contributed by atoms with Gasteiger partial charge in [0.15, 0.2) is 0 Å². The SMILES string of the molecule is C=C(C)CCOc1c(Br)cc(CCN)cc1Br. The molecule has 94 valence electrons. The highest BCUT2D eigenvalue weighted by atomic mass is 79.9. The summed E-state index contributed by atoms with van der Waals surface area (Å²) in [5, 5.41) is 0. The topological polar surface area (TPSA) is 35.2 Å². The van der Waals surface area contributed by atoms with Crippen LogP contribution < -0.4 is 10.5 Å². The Bertz CT molecular complexity index is 381. The van der Waals surface area contributed by atoms with E-state index >= 15 is 0 Å². The Morgan fingerprint density at radius 2 is 1.94 bits per heavy atom. The molecule has 17 heavy (non-hydrogen) atoms. The van der Waals surface area contributed by atoms with Crippen molar-refractivity contribution in [1.82, 2.24) is 0 Å². The van der Waals surface area contributed by atoms with Crippen molar-refractivity contribution in [3.8, 4) is 5.75 Å². The van der Waals surface area contributed by atoms with E-state index in [1.165, 1.54) is 5.56 Å². The molecule has 0 heterocycles. The van der Waals surface area contributed by atoms with Gasteiger partial charge in [0.25, 0.3) is 0 Å². The van der Waals surface area contributed by atoms with Gasteiger partial charge in [-0.3, -0.25) is 0 Å². The minimum atomic E-state index is 0.642. The molecule has 0 saturated heterocycles. The van der Waals surface area contributed by atoms with Crippen LogP contribution in [0.1, 0.15) is 18.9 Å². The minimum absolute atomic E-state index is 0.642. The molecule has 0 bridgehead atoms. The molecular formula is C13H17Br2NO. The highest BCUT2D eigenvalue weighted by molar-refractivity contribution is 9.11. The summed E-state index contributed by atoms with van der Waals surface area (Å²) >= 11 is 7.03. The molecule has 4 heteroatoms. The lowest BCUT2D eigenvalue weighted by Crippen LogP contribution is -2.04. The third kappa shape index (κ3) is 4.82. The maximum absolute atomic E-state index is 5.73. The zero-order valence-corrected chi connectivity index (χ0v) is 13.1. The van der Waals surface area contributed by atoms with Crippen molar-refractivity contribution in [2.45, 2.75) is 19.8 Å². The smallest absolute Gasteiger partial charge is 0.147 e. The Labute approximate surface area is 119 Å². The summed E-state index contributed by atoms with van der Waals surface area (Å²) < 4.78 is 7.64. The van der Waals surface area contributed by atoms with Crippen molar-refractivity contribution in [2.24, 2.45) is 5.73 Å². The summed E-state index contributed by atoms with van der Waals surface area (Å²) in [7, 11) is 0. The Hall–Kier alpha value is -0.320. The molecule has 0 atom stereocenters. The molecule has 0 saturated carbocycles. The molecular weight excluding hydrogens is 346 g/mol. The van der Waals surface area contributed by atoms with E-state index in [0.717, 1.165) is 33.1 Å². The molecule has 2 N–H and O–H groups in total. The van der Waals surface area contributed by atoms with Gasteiger partial charge in [0.05, 0.1) is 15.6 Å². The van der Waals surface area contributed by atoms with Gasteiger partial charge in [-0.2, -0.15) is 0 Å². The van der Waals surface area contributed by atoms with Crippen LogP contribution in [-0.2, 0) is 6.42 Å². The van der Waals surface area contributed by atoms with E-state index in [-0.39, 0.29) is 0 Å². The summed E-state index contributed by atoms with van der Waals surface area (Å²) in [6.45, 7) is 7.14. The highest BCUT2D eigenvalue weighted by Gasteiger charge is 2.08. The van der Waals surface area contributed by atoms with Gasteiger partial charge in [0.2, 0.25) is 0 Å². The van der Waals surface area contributed by atoms with E-state index in [0.29, 0.717) is 13.2 Å². The molecule has 0 aliphatic heterocycles. The second-order valence-corrected chi connectivity index (χ2v) is 5.69. The molecule has 1 aromatic carbocycles. The number of hydrogen-bond acceptors (Lipinski definition) is 2. The van der Waals surface area contributed by atoms with Crippen molar-refractivity contribution in [3.05, 3.63) is 38.8 Å². The molecule has 0 aliphatic rings. The molecule has 2 nitrogen and oxygen atoms in total. The maximum Gasteiger partial charge on any atom is 0.147 e. The van der Waals surface area contributed by atoms with Gasteiger partial charge in [-0.25, -0.2) is 0 Å². The zero-order valence-electron chi connectivity index (χ0n) is 9.93. The standard InChI is InChI=1S/C13H17Br2NO/c1-9(2)4-6-17-13-11(14)7-10(3-5-16)8-12(13)15/h7-8H,1,3-6,16H2,2H3. The summed E-state index contributed by atoms with van der Waals surface area (Å²) in [5.74, 6) is 0.840. The van der Waals surface area contributed by atoms with Gasteiger partial charge in [-0.1, -0.05) is 5.57 Å². The third-order valence-corrected chi connectivity index (χ3v) is 3.44. The molecule has 0 unspecified atom stereocenters. The Morgan fingerprint density at radius 3 is 2.41 bits per heavy atom. The fourth-order valence-corrected chi connectivity index (χ4v) is 2.90. The third-order valence-electron chi connectivity index (χ3n) is 2.27. The second-order valence-electron chi connectivity index (χ2n) is 3.98. The monoisotopic (exact) mass is 361 g/mol. The van der Waals surface area contributed by atoms with E-state index in [1.807, 2.05) is 19.1 Å². The van der Waals surface area contributed by atoms with Crippen LogP contribution in [-0.4, -0.2) is 13.2 Å². The van der Waals surface area contributed by atoms with Crippen molar-refractivity contribution < 1.29 is 4.74 Å². The molecule has 0 aromatic heterocycles. The fourth-order valence-electron chi connectivity index (χ4n) is 1.39. The number of benzene rings is 1. The van der Waals surface area contributed by atoms with E-state index in [9.17, 15) is 0 Å². The molecule has 0 radical (unpaired) electrons. The van der Waals surface area contributed by atoms with Crippen LogP contribution in [0.5, 0.6) is 5.75 Å². The van der Waals surface area contributed by atoms with E-state index in [1.54, 1.807) is 0 Å². The second kappa shape index (κ2) is 7.19. The lowest BCUT2D eigenvalue weighted by Gasteiger charge is -2.12. The van der Waals surface area contributed by atoms with Gasteiger partial charge >= 0.3 is 0 Å². The van der Waals surface area contributed by atoms with Gasteiger partial charge in [0, 0.05) is 6.42 Å².